The van der Waals surface area contributed by atoms with Gasteiger partial charge in [0.05, 0.1) is 12.1 Å². The molecular weight excluding hydrogens is 314 g/mol. The molecular formula is C9H8FIN2O2. The second-order valence-corrected chi connectivity index (χ2v) is 3.94. The van der Waals surface area contributed by atoms with Gasteiger partial charge in [-0.3, -0.25) is 9.59 Å². The summed E-state index contributed by atoms with van der Waals surface area (Å²) in [5.74, 6) is -1.48. The number of rotatable bonds is 3. The Kier molecular flexibility index (Phi) is 4.01. The van der Waals surface area contributed by atoms with Gasteiger partial charge < -0.3 is 11.1 Å². The van der Waals surface area contributed by atoms with Crippen LogP contribution in [0.25, 0.3) is 0 Å². The third-order valence-corrected chi connectivity index (χ3v) is 2.49. The number of hydrogen-bond donors (Lipinski definition) is 2. The van der Waals surface area contributed by atoms with Crippen molar-refractivity contribution >= 4 is 34.4 Å². The van der Waals surface area contributed by atoms with E-state index < -0.39 is 17.6 Å². The van der Waals surface area contributed by atoms with Gasteiger partial charge in [-0.2, -0.15) is 0 Å². The van der Waals surface area contributed by atoms with E-state index in [0.29, 0.717) is 9.13 Å². The van der Waals surface area contributed by atoms with E-state index in [9.17, 15) is 14.0 Å². The molecule has 2 amide bonds. The van der Waals surface area contributed by atoms with Crippen molar-refractivity contribution in [3.05, 3.63) is 33.1 Å². The molecule has 0 bridgehead atoms. The molecule has 80 valence electrons. The summed E-state index contributed by atoms with van der Waals surface area (Å²) in [6.07, 6.45) is 0. The van der Waals surface area contributed by atoms with Gasteiger partial charge in [0.2, 0.25) is 5.91 Å². The monoisotopic (exact) mass is 322 g/mol. The number of carbonyl (C=O) groups is 2. The third-order valence-electron chi connectivity index (χ3n) is 1.60. The Morgan fingerprint density at radius 1 is 1.47 bits per heavy atom. The maximum atomic E-state index is 12.7. The molecule has 1 aromatic carbocycles. The predicted molar refractivity (Wildman–Crippen MR) is 60.6 cm³/mol. The second kappa shape index (κ2) is 5.06. The molecule has 0 aromatic heterocycles. The number of benzene rings is 1. The van der Waals surface area contributed by atoms with Gasteiger partial charge in [-0.25, -0.2) is 4.39 Å². The number of amides is 2. The minimum atomic E-state index is -0.625. The first-order valence-electron chi connectivity index (χ1n) is 4.02. The van der Waals surface area contributed by atoms with Crippen LogP contribution in [0.5, 0.6) is 0 Å². The topological polar surface area (TPSA) is 72.2 Å². The Balaban J connectivity index is 2.78. The summed E-state index contributed by atoms with van der Waals surface area (Å²) >= 11 is 1.84. The molecule has 3 N–H and O–H groups in total. The average Bonchev–Trinajstić information content (AvgIpc) is 2.14. The highest BCUT2D eigenvalue weighted by atomic mass is 127. The summed E-state index contributed by atoms with van der Waals surface area (Å²) in [6, 6.07) is 3.77. The van der Waals surface area contributed by atoms with E-state index in [2.05, 4.69) is 5.32 Å². The average molecular weight is 322 g/mol. The molecule has 6 heteroatoms. The van der Waals surface area contributed by atoms with E-state index in [1.54, 1.807) is 0 Å². The Labute approximate surface area is 99.2 Å². The third kappa shape index (κ3) is 3.46. The van der Waals surface area contributed by atoms with E-state index in [1.165, 1.54) is 18.2 Å². The Hall–Kier alpha value is -1.18. The molecule has 4 nitrogen and oxygen atoms in total. The molecule has 0 aliphatic carbocycles. The van der Waals surface area contributed by atoms with Crippen LogP contribution in [-0.4, -0.2) is 18.4 Å². The molecule has 0 atom stereocenters. The lowest BCUT2D eigenvalue weighted by Gasteiger charge is -2.04. The standard InChI is InChI=1S/C9H8FIN2O2/c10-5-1-2-6(7(11)3-5)9(15)13-4-8(12)14/h1-3H,4H2,(H2,12,14)(H,13,15). The zero-order valence-electron chi connectivity index (χ0n) is 7.59. The molecule has 0 aliphatic heterocycles. The van der Waals surface area contributed by atoms with Gasteiger partial charge in [-0.15, -0.1) is 0 Å². The molecule has 0 saturated carbocycles. The summed E-state index contributed by atoms with van der Waals surface area (Å²) in [5, 5.41) is 2.32. The number of primary amides is 1. The smallest absolute Gasteiger partial charge is 0.252 e. The number of hydrogen-bond acceptors (Lipinski definition) is 2. The first-order valence-corrected chi connectivity index (χ1v) is 5.10. The lowest BCUT2D eigenvalue weighted by molar-refractivity contribution is -0.117. The highest BCUT2D eigenvalue weighted by molar-refractivity contribution is 14.1. The number of nitrogens with two attached hydrogens (primary N) is 1. The molecule has 0 saturated heterocycles. The van der Waals surface area contributed by atoms with Crippen LogP contribution < -0.4 is 11.1 Å². The van der Waals surface area contributed by atoms with Gasteiger partial charge in [-0.05, 0) is 40.8 Å². The Morgan fingerprint density at radius 3 is 2.67 bits per heavy atom. The lowest BCUT2D eigenvalue weighted by atomic mass is 10.2. The van der Waals surface area contributed by atoms with Crippen molar-refractivity contribution in [2.24, 2.45) is 5.73 Å². The van der Waals surface area contributed by atoms with Crippen LogP contribution in [-0.2, 0) is 4.79 Å². The number of nitrogens with one attached hydrogen (secondary N) is 1. The fourth-order valence-corrected chi connectivity index (χ4v) is 1.66. The summed E-state index contributed by atoms with van der Waals surface area (Å²) in [4.78, 5) is 21.9. The van der Waals surface area contributed by atoms with E-state index in [-0.39, 0.29) is 6.54 Å². The van der Waals surface area contributed by atoms with Crippen molar-refractivity contribution in [1.29, 1.82) is 0 Å². The minimum Gasteiger partial charge on any atom is -0.368 e. The maximum absolute atomic E-state index is 12.7. The molecule has 0 fully saturated rings. The Morgan fingerprint density at radius 2 is 2.13 bits per heavy atom. The summed E-state index contributed by atoms with van der Waals surface area (Å²) in [5.41, 5.74) is 5.18. The van der Waals surface area contributed by atoms with Gasteiger partial charge in [0.25, 0.3) is 5.91 Å². The number of halogens is 2. The van der Waals surface area contributed by atoms with E-state index >= 15 is 0 Å². The van der Waals surface area contributed by atoms with Crippen molar-refractivity contribution in [3.63, 3.8) is 0 Å². The van der Waals surface area contributed by atoms with Crippen LogP contribution in [0.1, 0.15) is 10.4 Å². The van der Waals surface area contributed by atoms with E-state index in [0.717, 1.165) is 0 Å². The lowest BCUT2D eigenvalue weighted by Crippen LogP contribution is -2.33. The Bertz CT molecular complexity index is 409. The highest BCUT2D eigenvalue weighted by Gasteiger charge is 2.10. The summed E-state index contributed by atoms with van der Waals surface area (Å²) < 4.78 is 13.2. The van der Waals surface area contributed by atoms with Crippen LogP contribution in [0.4, 0.5) is 4.39 Å². The van der Waals surface area contributed by atoms with Crippen LogP contribution in [0.2, 0.25) is 0 Å². The summed E-state index contributed by atoms with van der Waals surface area (Å²) in [7, 11) is 0. The van der Waals surface area contributed by atoms with Crippen LogP contribution in [0, 0.1) is 9.39 Å². The quantitative estimate of drug-likeness (QED) is 0.802. The van der Waals surface area contributed by atoms with Crippen LogP contribution in [0.3, 0.4) is 0 Å². The molecule has 0 spiro atoms. The predicted octanol–water partition coefficient (Wildman–Crippen LogP) is 0.645. The molecule has 0 aliphatic rings. The molecule has 1 aromatic rings. The summed E-state index contributed by atoms with van der Waals surface area (Å²) in [6.45, 7) is -0.230. The molecule has 15 heavy (non-hydrogen) atoms. The van der Waals surface area contributed by atoms with Crippen molar-refractivity contribution in [2.75, 3.05) is 6.54 Å². The molecule has 0 radical (unpaired) electrons. The molecule has 0 heterocycles. The maximum Gasteiger partial charge on any atom is 0.252 e. The van der Waals surface area contributed by atoms with Crippen molar-refractivity contribution in [1.82, 2.24) is 5.32 Å². The van der Waals surface area contributed by atoms with Gasteiger partial charge >= 0.3 is 0 Å². The number of carbonyl (C=O) groups excluding carboxylic acids is 2. The van der Waals surface area contributed by atoms with Gasteiger partial charge in [0, 0.05) is 3.57 Å². The SMILES string of the molecule is NC(=O)CNC(=O)c1ccc(F)cc1I. The highest BCUT2D eigenvalue weighted by Crippen LogP contribution is 2.13. The largest absolute Gasteiger partial charge is 0.368 e. The zero-order chi connectivity index (χ0) is 11.4. The first-order chi connectivity index (χ1) is 7.00. The fraction of sp³-hybridized carbons (Fsp3) is 0.111. The first kappa shape index (κ1) is 11.9. The fourth-order valence-electron chi connectivity index (χ4n) is 0.936. The van der Waals surface area contributed by atoms with Gasteiger partial charge in [0.1, 0.15) is 5.82 Å². The molecule has 0 unspecified atom stereocenters. The van der Waals surface area contributed by atoms with E-state index in [4.69, 9.17) is 5.73 Å². The van der Waals surface area contributed by atoms with Crippen molar-refractivity contribution < 1.29 is 14.0 Å². The minimum absolute atomic E-state index is 0.230. The van der Waals surface area contributed by atoms with Crippen LogP contribution in [0.15, 0.2) is 18.2 Å². The van der Waals surface area contributed by atoms with Crippen LogP contribution >= 0.6 is 22.6 Å². The van der Waals surface area contributed by atoms with Gasteiger partial charge in [0.15, 0.2) is 0 Å². The van der Waals surface area contributed by atoms with Crippen molar-refractivity contribution in [3.8, 4) is 0 Å². The zero-order valence-corrected chi connectivity index (χ0v) is 9.75. The van der Waals surface area contributed by atoms with Crippen molar-refractivity contribution in [2.45, 2.75) is 0 Å². The normalized spacial score (nSPS) is 9.73. The second-order valence-electron chi connectivity index (χ2n) is 2.77. The molecule has 1 rings (SSSR count). The van der Waals surface area contributed by atoms with E-state index in [1.807, 2.05) is 22.6 Å². The van der Waals surface area contributed by atoms with Gasteiger partial charge in [-0.1, -0.05) is 0 Å².